The summed E-state index contributed by atoms with van der Waals surface area (Å²) < 4.78 is 29.5. The monoisotopic (exact) mass is 330 g/mol. The minimum atomic E-state index is -3.17. The Balaban J connectivity index is 1.53. The van der Waals surface area contributed by atoms with Crippen molar-refractivity contribution < 1.29 is 18.3 Å². The fraction of sp³-hybridized carbons (Fsp3) is 0.222. The zero-order valence-corrected chi connectivity index (χ0v) is 13.6. The van der Waals surface area contributed by atoms with E-state index in [4.69, 9.17) is 13.8 Å². The van der Waals surface area contributed by atoms with Crippen molar-refractivity contribution in [1.82, 2.24) is 0 Å². The molecule has 0 N–H and O–H groups in total. The van der Waals surface area contributed by atoms with Crippen LogP contribution >= 0.6 is 7.60 Å². The Hall–Kier alpha value is -1.87. The largest absolute Gasteiger partial charge is 0.424 e. The van der Waals surface area contributed by atoms with Gasteiger partial charge in [-0.05, 0) is 17.7 Å². The minimum absolute atomic E-state index is 0.275. The molecule has 0 fully saturated rings. The summed E-state index contributed by atoms with van der Waals surface area (Å²) in [6.07, 6.45) is 3.62. The SMILES string of the molecule is O=P1(Oc2ccccc2)CC=C[C@H](COCc2ccccc2)O1. The van der Waals surface area contributed by atoms with Gasteiger partial charge in [-0.3, -0.25) is 4.52 Å². The molecule has 1 heterocycles. The quantitative estimate of drug-likeness (QED) is 0.580. The summed E-state index contributed by atoms with van der Waals surface area (Å²) in [4.78, 5) is 0. The molecule has 23 heavy (non-hydrogen) atoms. The second-order valence-corrected chi connectivity index (χ2v) is 7.25. The lowest BCUT2D eigenvalue weighted by Gasteiger charge is -2.25. The molecule has 2 aromatic carbocycles. The van der Waals surface area contributed by atoms with Crippen LogP contribution in [0.5, 0.6) is 5.75 Å². The van der Waals surface area contributed by atoms with Gasteiger partial charge in [0.15, 0.2) is 0 Å². The molecule has 1 aliphatic heterocycles. The highest BCUT2D eigenvalue weighted by atomic mass is 31.2. The maximum absolute atomic E-state index is 12.7. The number of para-hydroxylation sites is 1. The van der Waals surface area contributed by atoms with Crippen LogP contribution < -0.4 is 4.52 Å². The van der Waals surface area contributed by atoms with Gasteiger partial charge in [0.05, 0.1) is 19.4 Å². The molecule has 2 atom stereocenters. The fourth-order valence-corrected chi connectivity index (χ4v) is 3.85. The van der Waals surface area contributed by atoms with Crippen LogP contribution in [0.4, 0.5) is 0 Å². The number of rotatable bonds is 6. The van der Waals surface area contributed by atoms with Crippen LogP contribution in [0.3, 0.4) is 0 Å². The number of allylic oxidation sites excluding steroid dienone is 1. The number of benzene rings is 2. The topological polar surface area (TPSA) is 44.8 Å². The van der Waals surface area contributed by atoms with Crippen molar-refractivity contribution in [2.24, 2.45) is 0 Å². The fourth-order valence-electron chi connectivity index (χ4n) is 2.28. The van der Waals surface area contributed by atoms with E-state index in [1.807, 2.05) is 60.7 Å². The van der Waals surface area contributed by atoms with E-state index in [1.165, 1.54) is 0 Å². The molecule has 5 heteroatoms. The highest BCUT2D eigenvalue weighted by Crippen LogP contribution is 2.51. The van der Waals surface area contributed by atoms with Crippen molar-refractivity contribution in [3.63, 3.8) is 0 Å². The molecular weight excluding hydrogens is 311 g/mol. The van der Waals surface area contributed by atoms with Crippen LogP contribution in [0.25, 0.3) is 0 Å². The lowest BCUT2D eigenvalue weighted by atomic mass is 10.2. The summed E-state index contributed by atoms with van der Waals surface area (Å²) >= 11 is 0. The molecule has 4 nitrogen and oxygen atoms in total. The van der Waals surface area contributed by atoms with E-state index >= 15 is 0 Å². The van der Waals surface area contributed by atoms with Crippen LogP contribution in [-0.2, 0) is 20.4 Å². The minimum Gasteiger partial charge on any atom is -0.424 e. The smallest absolute Gasteiger partial charge is 0.383 e. The molecule has 0 spiro atoms. The van der Waals surface area contributed by atoms with E-state index in [0.717, 1.165) is 5.56 Å². The molecule has 1 unspecified atom stereocenters. The first-order valence-corrected chi connectivity index (χ1v) is 9.27. The van der Waals surface area contributed by atoms with Crippen LogP contribution in [0.2, 0.25) is 0 Å². The first-order chi connectivity index (χ1) is 11.2. The third kappa shape index (κ3) is 4.80. The molecule has 1 aliphatic rings. The predicted molar refractivity (Wildman–Crippen MR) is 89.7 cm³/mol. The molecule has 0 amide bonds. The predicted octanol–water partition coefficient (Wildman–Crippen LogP) is 4.43. The van der Waals surface area contributed by atoms with Crippen LogP contribution in [0, 0.1) is 0 Å². The number of ether oxygens (including phenoxy) is 1. The van der Waals surface area contributed by atoms with E-state index in [-0.39, 0.29) is 12.3 Å². The Bertz CT molecular complexity index is 685. The molecule has 3 rings (SSSR count). The highest BCUT2D eigenvalue weighted by Gasteiger charge is 2.31. The summed E-state index contributed by atoms with van der Waals surface area (Å²) in [7, 11) is -3.17. The Morgan fingerprint density at radius 3 is 2.48 bits per heavy atom. The van der Waals surface area contributed by atoms with Gasteiger partial charge in [0.25, 0.3) is 0 Å². The maximum Gasteiger partial charge on any atom is 0.383 e. The Kier molecular flexibility index (Phi) is 5.29. The van der Waals surface area contributed by atoms with E-state index < -0.39 is 7.60 Å². The maximum atomic E-state index is 12.7. The highest BCUT2D eigenvalue weighted by molar-refractivity contribution is 7.54. The molecule has 0 bridgehead atoms. The number of hydrogen-bond donors (Lipinski definition) is 0. The second-order valence-electron chi connectivity index (χ2n) is 5.27. The van der Waals surface area contributed by atoms with E-state index in [9.17, 15) is 4.57 Å². The van der Waals surface area contributed by atoms with Gasteiger partial charge in [-0.25, -0.2) is 4.57 Å². The summed E-state index contributed by atoms with van der Waals surface area (Å²) in [5.41, 5.74) is 1.09. The average molecular weight is 330 g/mol. The lowest BCUT2D eigenvalue weighted by Crippen LogP contribution is -2.21. The van der Waals surface area contributed by atoms with E-state index in [0.29, 0.717) is 19.0 Å². The second kappa shape index (κ2) is 7.60. The van der Waals surface area contributed by atoms with Crippen molar-refractivity contribution in [3.8, 4) is 5.75 Å². The van der Waals surface area contributed by atoms with Gasteiger partial charge in [0.2, 0.25) is 0 Å². The van der Waals surface area contributed by atoms with Crippen molar-refractivity contribution in [2.45, 2.75) is 12.7 Å². The van der Waals surface area contributed by atoms with Gasteiger partial charge in [0, 0.05) is 0 Å². The summed E-state index contributed by atoms with van der Waals surface area (Å²) in [5.74, 6) is 0.551. The van der Waals surface area contributed by atoms with Crippen LogP contribution in [-0.4, -0.2) is 18.9 Å². The van der Waals surface area contributed by atoms with Gasteiger partial charge in [-0.15, -0.1) is 0 Å². The lowest BCUT2D eigenvalue weighted by molar-refractivity contribution is 0.0555. The van der Waals surface area contributed by atoms with Crippen molar-refractivity contribution in [2.75, 3.05) is 12.8 Å². The average Bonchev–Trinajstić information content (AvgIpc) is 2.56. The molecule has 120 valence electrons. The molecule has 0 saturated heterocycles. The van der Waals surface area contributed by atoms with Gasteiger partial charge >= 0.3 is 7.60 Å². The number of hydrogen-bond acceptors (Lipinski definition) is 4. The van der Waals surface area contributed by atoms with Gasteiger partial charge in [-0.2, -0.15) is 0 Å². The van der Waals surface area contributed by atoms with Crippen molar-refractivity contribution in [3.05, 3.63) is 78.4 Å². The molecule has 0 saturated carbocycles. The molecule has 0 aliphatic carbocycles. The standard InChI is InChI=1S/C18H19O4P/c19-23(21-17-10-5-2-6-11-17)13-7-12-18(22-23)15-20-14-16-8-3-1-4-9-16/h1-12,18H,13-15H2/t18-,23?/m1/s1. The van der Waals surface area contributed by atoms with Gasteiger partial charge < -0.3 is 9.26 Å². The van der Waals surface area contributed by atoms with Gasteiger partial charge in [-0.1, -0.05) is 60.7 Å². The Labute approximate surface area is 136 Å². The summed E-state index contributed by atoms with van der Waals surface area (Å²) in [6, 6.07) is 19.0. The molecule has 0 aromatic heterocycles. The van der Waals surface area contributed by atoms with Crippen LogP contribution in [0.15, 0.2) is 72.8 Å². The van der Waals surface area contributed by atoms with Crippen LogP contribution in [0.1, 0.15) is 5.56 Å². The van der Waals surface area contributed by atoms with E-state index in [2.05, 4.69) is 0 Å². The molecule has 0 radical (unpaired) electrons. The zero-order valence-electron chi connectivity index (χ0n) is 12.7. The Morgan fingerprint density at radius 2 is 1.74 bits per heavy atom. The van der Waals surface area contributed by atoms with Crippen molar-refractivity contribution in [1.29, 1.82) is 0 Å². The third-order valence-electron chi connectivity index (χ3n) is 3.36. The normalized spacial score (nSPS) is 23.6. The van der Waals surface area contributed by atoms with E-state index in [1.54, 1.807) is 12.1 Å². The summed E-state index contributed by atoms with van der Waals surface area (Å²) in [5, 5.41) is 0. The van der Waals surface area contributed by atoms with Crippen molar-refractivity contribution >= 4 is 7.60 Å². The molecule has 2 aromatic rings. The first-order valence-electron chi connectivity index (χ1n) is 7.54. The summed E-state index contributed by atoms with van der Waals surface area (Å²) in [6.45, 7) is 0.839. The first kappa shape index (κ1) is 16.0. The van der Waals surface area contributed by atoms with Gasteiger partial charge in [0.1, 0.15) is 11.9 Å². The Morgan fingerprint density at radius 1 is 1.04 bits per heavy atom. The third-order valence-corrected chi connectivity index (χ3v) is 5.10. The molecular formula is C18H19O4P. The zero-order chi connectivity index (χ0) is 16.0.